The van der Waals surface area contributed by atoms with Gasteiger partial charge in [0.2, 0.25) is 11.1 Å². The van der Waals surface area contributed by atoms with Gasteiger partial charge in [-0.2, -0.15) is 0 Å². The quantitative estimate of drug-likeness (QED) is 0.594. The lowest BCUT2D eigenvalue weighted by molar-refractivity contribution is -0.115. The van der Waals surface area contributed by atoms with Crippen LogP contribution in [0.4, 0.5) is 5.69 Å². The average Bonchev–Trinajstić information content (AvgIpc) is 2.90. The summed E-state index contributed by atoms with van der Waals surface area (Å²) >= 11 is 1.31. The highest BCUT2D eigenvalue weighted by atomic mass is 32.2. The molecule has 2 rings (SSSR count). The molecule has 1 heterocycles. The number of anilines is 1. The number of nitrogen functional groups attached to an aromatic ring is 1. The van der Waals surface area contributed by atoms with Crippen molar-refractivity contribution in [2.75, 3.05) is 11.2 Å². The van der Waals surface area contributed by atoms with Gasteiger partial charge in [0, 0.05) is 12.1 Å². The molecular weight excluding hydrogens is 322 g/mol. The number of hydrogen-bond donors (Lipinski definition) is 2. The molecule has 3 N–H and O–H groups in total. The van der Waals surface area contributed by atoms with Gasteiger partial charge in [-0.3, -0.25) is 4.79 Å². The summed E-state index contributed by atoms with van der Waals surface area (Å²) in [5, 5.41) is 11.4. The first kappa shape index (κ1) is 18.3. The van der Waals surface area contributed by atoms with Gasteiger partial charge >= 0.3 is 0 Å². The number of carbonyl (C=O) groups is 1. The maximum atomic E-state index is 12.4. The number of carbonyl (C=O) groups excluding carboxylic acids is 1. The van der Waals surface area contributed by atoms with Gasteiger partial charge in [-0.25, -0.2) is 4.68 Å². The number of benzene rings is 1. The van der Waals surface area contributed by atoms with E-state index in [0.29, 0.717) is 5.16 Å². The van der Waals surface area contributed by atoms with Gasteiger partial charge < -0.3 is 11.2 Å². The van der Waals surface area contributed by atoms with E-state index in [9.17, 15) is 4.79 Å². The highest BCUT2D eigenvalue weighted by molar-refractivity contribution is 8.00. The molecule has 0 spiro atoms. The van der Waals surface area contributed by atoms with Crippen LogP contribution >= 0.6 is 11.8 Å². The Morgan fingerprint density at radius 3 is 2.83 bits per heavy atom. The summed E-state index contributed by atoms with van der Waals surface area (Å²) in [6.45, 7) is 7.98. The molecule has 0 saturated heterocycles. The minimum Gasteiger partial charge on any atom is -0.336 e. The van der Waals surface area contributed by atoms with Crippen molar-refractivity contribution in [2.24, 2.45) is 0 Å². The number of amides is 1. The zero-order valence-corrected chi connectivity index (χ0v) is 15.5. The van der Waals surface area contributed by atoms with Gasteiger partial charge in [-0.05, 0) is 44.4 Å². The Hall–Kier alpha value is -2.02. The molecule has 1 atom stereocenters. The number of hydrogen-bond acceptors (Lipinski definition) is 5. The molecule has 6 nitrogen and oxygen atoms in total. The van der Waals surface area contributed by atoms with Crippen molar-refractivity contribution in [3.05, 3.63) is 35.2 Å². The molecule has 0 fully saturated rings. The second kappa shape index (κ2) is 8.19. The Bertz CT molecular complexity index is 713. The first-order valence-electron chi connectivity index (χ1n) is 8.17. The average molecular weight is 347 g/mol. The summed E-state index contributed by atoms with van der Waals surface area (Å²) < 4.78 is 1.49. The number of nitrogens with one attached hydrogen (secondary N) is 1. The molecule has 24 heavy (non-hydrogen) atoms. The molecule has 2 aromatic rings. The van der Waals surface area contributed by atoms with E-state index in [-0.39, 0.29) is 11.2 Å². The number of nitrogens with zero attached hydrogens (tertiary/aromatic N) is 3. The fraction of sp³-hybridized carbons (Fsp3) is 0.471. The standard InChI is InChI=1S/C17H25N5OS/c1-5-6-10-15-20-21-17(22(15)18)24-13(4)16(23)19-14-9-7-8-11(2)12(14)3/h7-9,13H,5-6,10,18H2,1-4H3,(H,19,23)/t13-/m0/s1. The van der Waals surface area contributed by atoms with E-state index >= 15 is 0 Å². The molecule has 0 radical (unpaired) electrons. The van der Waals surface area contributed by atoms with Crippen molar-refractivity contribution in [1.82, 2.24) is 14.9 Å². The lowest BCUT2D eigenvalue weighted by Crippen LogP contribution is -2.24. The smallest absolute Gasteiger partial charge is 0.237 e. The number of rotatable bonds is 7. The Kier molecular flexibility index (Phi) is 6.25. The zero-order chi connectivity index (χ0) is 17.7. The Balaban J connectivity index is 2.01. The van der Waals surface area contributed by atoms with E-state index in [4.69, 9.17) is 5.84 Å². The van der Waals surface area contributed by atoms with Crippen LogP contribution in [-0.4, -0.2) is 26.0 Å². The van der Waals surface area contributed by atoms with E-state index in [1.807, 2.05) is 39.0 Å². The lowest BCUT2D eigenvalue weighted by atomic mass is 10.1. The van der Waals surface area contributed by atoms with Gasteiger partial charge in [0.15, 0.2) is 5.82 Å². The van der Waals surface area contributed by atoms with E-state index in [2.05, 4.69) is 22.4 Å². The minimum atomic E-state index is -0.324. The minimum absolute atomic E-state index is 0.0770. The lowest BCUT2D eigenvalue weighted by Gasteiger charge is -2.14. The summed E-state index contributed by atoms with van der Waals surface area (Å²) in [5.41, 5.74) is 3.06. The molecule has 1 amide bonds. The van der Waals surface area contributed by atoms with Crippen molar-refractivity contribution in [1.29, 1.82) is 0 Å². The molecule has 0 saturated carbocycles. The van der Waals surface area contributed by atoms with Crippen molar-refractivity contribution in [2.45, 2.75) is 57.4 Å². The van der Waals surface area contributed by atoms with E-state index in [0.717, 1.165) is 41.9 Å². The largest absolute Gasteiger partial charge is 0.336 e. The molecule has 0 unspecified atom stereocenters. The first-order valence-corrected chi connectivity index (χ1v) is 9.05. The molecule has 7 heteroatoms. The van der Waals surface area contributed by atoms with Crippen LogP contribution in [0.15, 0.2) is 23.4 Å². The Morgan fingerprint density at radius 2 is 2.12 bits per heavy atom. The van der Waals surface area contributed by atoms with Crippen molar-refractivity contribution >= 4 is 23.4 Å². The summed E-state index contributed by atoms with van der Waals surface area (Å²) in [4.78, 5) is 12.4. The maximum Gasteiger partial charge on any atom is 0.237 e. The second-order valence-electron chi connectivity index (χ2n) is 5.87. The van der Waals surface area contributed by atoms with Crippen LogP contribution in [0.3, 0.4) is 0 Å². The van der Waals surface area contributed by atoms with Crippen LogP contribution in [0.1, 0.15) is 43.6 Å². The van der Waals surface area contributed by atoms with Gasteiger partial charge in [0.25, 0.3) is 0 Å². The van der Waals surface area contributed by atoms with Gasteiger partial charge in [-0.15, -0.1) is 10.2 Å². The highest BCUT2D eigenvalue weighted by Gasteiger charge is 2.20. The number of nitrogens with two attached hydrogens (primary N) is 1. The van der Waals surface area contributed by atoms with Crippen molar-refractivity contribution in [3.63, 3.8) is 0 Å². The van der Waals surface area contributed by atoms with E-state index < -0.39 is 0 Å². The fourth-order valence-corrected chi connectivity index (χ4v) is 3.01. The molecule has 0 aliphatic rings. The SMILES string of the molecule is CCCCc1nnc(S[C@@H](C)C(=O)Nc2cccc(C)c2C)n1N. The summed E-state index contributed by atoms with van der Waals surface area (Å²) in [7, 11) is 0. The topological polar surface area (TPSA) is 85.8 Å². The van der Waals surface area contributed by atoms with Crippen LogP contribution < -0.4 is 11.2 Å². The number of unbranched alkanes of at least 4 members (excludes halogenated alkanes) is 1. The van der Waals surface area contributed by atoms with Gasteiger partial charge in [0.1, 0.15) is 0 Å². The van der Waals surface area contributed by atoms with Crippen LogP contribution in [0, 0.1) is 13.8 Å². The molecular formula is C17H25N5OS. The van der Waals surface area contributed by atoms with Gasteiger partial charge in [0.05, 0.1) is 5.25 Å². The molecule has 0 aliphatic heterocycles. The molecule has 0 bridgehead atoms. The Labute approximate surface area is 147 Å². The van der Waals surface area contributed by atoms with Crippen LogP contribution in [0.5, 0.6) is 0 Å². The van der Waals surface area contributed by atoms with Gasteiger partial charge in [-0.1, -0.05) is 37.2 Å². The molecule has 1 aromatic carbocycles. The summed E-state index contributed by atoms with van der Waals surface area (Å²) in [6, 6.07) is 5.87. The van der Waals surface area contributed by atoms with E-state index in [1.54, 1.807) is 0 Å². The van der Waals surface area contributed by atoms with Crippen LogP contribution in [0.25, 0.3) is 0 Å². The summed E-state index contributed by atoms with van der Waals surface area (Å²) in [5.74, 6) is 6.70. The normalized spacial score (nSPS) is 12.2. The highest BCUT2D eigenvalue weighted by Crippen LogP contribution is 2.24. The third-order valence-electron chi connectivity index (χ3n) is 4.00. The number of thioether (sulfide) groups is 1. The predicted octanol–water partition coefficient (Wildman–Crippen LogP) is 3.07. The van der Waals surface area contributed by atoms with Crippen molar-refractivity contribution in [3.8, 4) is 0 Å². The predicted molar refractivity (Wildman–Crippen MR) is 98.6 cm³/mol. The Morgan fingerprint density at radius 1 is 1.38 bits per heavy atom. The van der Waals surface area contributed by atoms with E-state index in [1.165, 1.54) is 16.4 Å². The maximum absolute atomic E-state index is 12.4. The summed E-state index contributed by atoms with van der Waals surface area (Å²) in [6.07, 6.45) is 2.89. The number of aromatic nitrogens is 3. The fourth-order valence-electron chi connectivity index (χ4n) is 2.23. The monoisotopic (exact) mass is 347 g/mol. The molecule has 0 aliphatic carbocycles. The zero-order valence-electron chi connectivity index (χ0n) is 14.7. The number of aryl methyl sites for hydroxylation is 2. The third-order valence-corrected chi connectivity index (χ3v) is 5.06. The van der Waals surface area contributed by atoms with Crippen LogP contribution in [-0.2, 0) is 11.2 Å². The molecule has 1 aromatic heterocycles. The van der Waals surface area contributed by atoms with Crippen LogP contribution in [0.2, 0.25) is 0 Å². The second-order valence-corrected chi connectivity index (χ2v) is 7.18. The third kappa shape index (κ3) is 4.29. The van der Waals surface area contributed by atoms with Crippen molar-refractivity contribution < 1.29 is 4.79 Å². The molecule has 130 valence electrons. The first-order chi connectivity index (χ1) is 11.4.